The third-order valence-corrected chi connectivity index (χ3v) is 1.17. The molecule has 3 N–H and O–H groups in total. The van der Waals surface area contributed by atoms with Crippen molar-refractivity contribution in [3.8, 4) is 0 Å². The third-order valence-electron chi connectivity index (χ3n) is 1.17. The number of hydrogen-bond donors (Lipinski definition) is 3. The largest absolute Gasteiger partial charge is 0.394 e. The molecular formula is C6H8O6. The van der Waals surface area contributed by atoms with Crippen molar-refractivity contribution in [2.75, 3.05) is 6.61 Å². The van der Waals surface area contributed by atoms with E-state index in [4.69, 9.17) is 15.3 Å². The summed E-state index contributed by atoms with van der Waals surface area (Å²) in [6.07, 6.45) is -4.04. The third kappa shape index (κ3) is 2.50. The van der Waals surface area contributed by atoms with Gasteiger partial charge in [-0.1, -0.05) is 0 Å². The van der Waals surface area contributed by atoms with Crippen LogP contribution in [-0.4, -0.2) is 52.0 Å². The van der Waals surface area contributed by atoms with E-state index in [-0.39, 0.29) is 6.29 Å². The number of hydrogen-bond acceptors (Lipinski definition) is 6. The van der Waals surface area contributed by atoms with Crippen LogP contribution in [0.15, 0.2) is 0 Å². The molecule has 68 valence electrons. The molecule has 0 heterocycles. The van der Waals surface area contributed by atoms with Crippen LogP contribution in [0.1, 0.15) is 0 Å². The monoisotopic (exact) mass is 176 g/mol. The van der Waals surface area contributed by atoms with Gasteiger partial charge >= 0.3 is 0 Å². The number of Topliss-reactive ketones (excluding diaryl/α,β-unsaturated/α-hetero) is 2. The number of rotatable bonds is 5. The van der Waals surface area contributed by atoms with E-state index in [1.54, 1.807) is 0 Å². The average molecular weight is 176 g/mol. The molecule has 0 rings (SSSR count). The molecule has 0 radical (unpaired) electrons. The van der Waals surface area contributed by atoms with Crippen LogP contribution in [-0.2, 0) is 14.4 Å². The van der Waals surface area contributed by atoms with E-state index in [0.29, 0.717) is 0 Å². The molecule has 2 atom stereocenters. The first-order valence-electron chi connectivity index (χ1n) is 3.05. The quantitative estimate of drug-likeness (QED) is 0.234. The molecule has 0 amide bonds. The predicted molar refractivity (Wildman–Crippen MR) is 35.2 cm³/mol. The van der Waals surface area contributed by atoms with Gasteiger partial charge in [-0.25, -0.2) is 0 Å². The highest BCUT2D eigenvalue weighted by Crippen LogP contribution is 1.94. The standard InChI is InChI=1S/C6H8O6/c7-1-3(9)5(11)6(12)4(10)2-8/h1,4,6,8,10,12H,2H2/t4-,6-/m1/s1. The Bertz CT molecular complexity index is 198. The van der Waals surface area contributed by atoms with Crippen LogP contribution in [0.3, 0.4) is 0 Å². The van der Waals surface area contributed by atoms with Crippen molar-refractivity contribution in [2.45, 2.75) is 12.2 Å². The lowest BCUT2D eigenvalue weighted by Gasteiger charge is -2.11. The van der Waals surface area contributed by atoms with Gasteiger partial charge in [-0.15, -0.1) is 0 Å². The van der Waals surface area contributed by atoms with Gasteiger partial charge in [0.1, 0.15) is 12.2 Å². The van der Waals surface area contributed by atoms with Crippen LogP contribution in [0.5, 0.6) is 0 Å². The summed E-state index contributed by atoms with van der Waals surface area (Å²) >= 11 is 0. The van der Waals surface area contributed by atoms with Crippen LogP contribution in [0.4, 0.5) is 0 Å². The van der Waals surface area contributed by atoms with Gasteiger partial charge in [0.25, 0.3) is 5.78 Å². The van der Waals surface area contributed by atoms with Crippen molar-refractivity contribution in [3.05, 3.63) is 0 Å². The number of aliphatic hydroxyl groups is 3. The van der Waals surface area contributed by atoms with Crippen molar-refractivity contribution in [2.24, 2.45) is 0 Å². The first-order chi connectivity index (χ1) is 5.54. The molecule has 0 fully saturated rings. The molecule has 0 aromatic carbocycles. The van der Waals surface area contributed by atoms with Gasteiger partial charge in [0.05, 0.1) is 6.61 Å². The smallest absolute Gasteiger partial charge is 0.263 e. The molecule has 0 aromatic heterocycles. The molecular weight excluding hydrogens is 168 g/mol. The zero-order valence-corrected chi connectivity index (χ0v) is 6.01. The topological polar surface area (TPSA) is 112 Å². The number of aldehydes is 1. The number of carbonyl (C=O) groups is 3. The van der Waals surface area contributed by atoms with Crippen molar-refractivity contribution in [3.63, 3.8) is 0 Å². The van der Waals surface area contributed by atoms with Crippen molar-refractivity contribution < 1.29 is 29.7 Å². The van der Waals surface area contributed by atoms with Crippen molar-refractivity contribution in [1.29, 1.82) is 0 Å². The molecule has 6 heteroatoms. The van der Waals surface area contributed by atoms with Crippen LogP contribution < -0.4 is 0 Å². The van der Waals surface area contributed by atoms with E-state index in [1.807, 2.05) is 0 Å². The van der Waals surface area contributed by atoms with Crippen LogP contribution in [0.2, 0.25) is 0 Å². The predicted octanol–water partition coefficient (Wildman–Crippen LogP) is -2.96. The molecule has 0 aromatic rings. The summed E-state index contributed by atoms with van der Waals surface area (Å²) in [5.41, 5.74) is 0. The lowest BCUT2D eigenvalue weighted by molar-refractivity contribution is -0.148. The SMILES string of the molecule is O=CC(=O)C(=O)[C@H](O)[C@H](O)CO. The summed E-state index contributed by atoms with van der Waals surface area (Å²) in [6, 6.07) is 0. The summed E-state index contributed by atoms with van der Waals surface area (Å²) in [4.78, 5) is 30.6. The molecule has 0 aliphatic rings. The lowest BCUT2D eigenvalue weighted by Crippen LogP contribution is -2.40. The minimum Gasteiger partial charge on any atom is -0.394 e. The first-order valence-corrected chi connectivity index (χ1v) is 3.05. The fraction of sp³-hybridized carbons (Fsp3) is 0.500. The highest BCUT2D eigenvalue weighted by molar-refractivity contribution is 6.58. The van der Waals surface area contributed by atoms with Gasteiger partial charge in [0.2, 0.25) is 5.78 Å². The summed E-state index contributed by atoms with van der Waals surface area (Å²) in [7, 11) is 0. The molecule has 0 aliphatic heterocycles. The van der Waals surface area contributed by atoms with E-state index < -0.39 is 30.4 Å². The fourth-order valence-electron chi connectivity index (χ4n) is 0.478. The maximum absolute atomic E-state index is 10.6. The van der Waals surface area contributed by atoms with Crippen molar-refractivity contribution >= 4 is 17.9 Å². The number of ketones is 2. The molecule has 0 spiro atoms. The maximum Gasteiger partial charge on any atom is 0.263 e. The number of carbonyl (C=O) groups excluding carboxylic acids is 3. The molecule has 0 unspecified atom stereocenters. The molecule has 0 bridgehead atoms. The molecule has 0 aliphatic carbocycles. The van der Waals surface area contributed by atoms with E-state index in [1.165, 1.54) is 0 Å². The summed E-state index contributed by atoms with van der Waals surface area (Å²) in [6.45, 7) is -0.862. The summed E-state index contributed by atoms with van der Waals surface area (Å²) in [5, 5.41) is 25.6. The minimum absolute atomic E-state index is 0.268. The Morgan fingerprint density at radius 1 is 1.33 bits per heavy atom. The van der Waals surface area contributed by atoms with Gasteiger partial charge in [0.15, 0.2) is 6.29 Å². The highest BCUT2D eigenvalue weighted by atomic mass is 16.4. The number of aliphatic hydroxyl groups excluding tert-OH is 3. The molecule has 0 saturated heterocycles. The fourth-order valence-corrected chi connectivity index (χ4v) is 0.478. The van der Waals surface area contributed by atoms with E-state index in [0.717, 1.165) is 0 Å². The Kier molecular flexibility index (Phi) is 4.27. The molecule has 0 saturated carbocycles. The van der Waals surface area contributed by atoms with Crippen LogP contribution in [0.25, 0.3) is 0 Å². The van der Waals surface area contributed by atoms with Gasteiger partial charge in [-0.3, -0.25) is 14.4 Å². The van der Waals surface area contributed by atoms with Gasteiger partial charge in [0, 0.05) is 0 Å². The maximum atomic E-state index is 10.6. The second-order valence-corrected chi connectivity index (χ2v) is 2.04. The van der Waals surface area contributed by atoms with Crippen LogP contribution in [0, 0.1) is 0 Å². The Morgan fingerprint density at radius 3 is 2.17 bits per heavy atom. The Labute approximate surface area is 67.4 Å². The zero-order valence-electron chi connectivity index (χ0n) is 6.01. The highest BCUT2D eigenvalue weighted by Gasteiger charge is 2.28. The average Bonchev–Trinajstić information content (AvgIpc) is 2.12. The Hall–Kier alpha value is -1.11. The minimum atomic E-state index is -2.03. The van der Waals surface area contributed by atoms with Gasteiger partial charge < -0.3 is 15.3 Å². The second-order valence-electron chi connectivity index (χ2n) is 2.04. The summed E-state index contributed by atoms with van der Waals surface area (Å²) in [5.74, 6) is -2.86. The lowest BCUT2D eigenvalue weighted by atomic mass is 10.1. The van der Waals surface area contributed by atoms with Gasteiger partial charge in [-0.2, -0.15) is 0 Å². The Morgan fingerprint density at radius 2 is 1.83 bits per heavy atom. The Balaban J connectivity index is 4.28. The normalized spacial score (nSPS) is 14.9. The van der Waals surface area contributed by atoms with Gasteiger partial charge in [-0.05, 0) is 0 Å². The van der Waals surface area contributed by atoms with Crippen molar-refractivity contribution in [1.82, 2.24) is 0 Å². The van der Waals surface area contributed by atoms with E-state index in [9.17, 15) is 14.4 Å². The summed E-state index contributed by atoms with van der Waals surface area (Å²) < 4.78 is 0. The van der Waals surface area contributed by atoms with E-state index >= 15 is 0 Å². The van der Waals surface area contributed by atoms with E-state index in [2.05, 4.69) is 0 Å². The second kappa shape index (κ2) is 4.70. The first kappa shape index (κ1) is 10.9. The van der Waals surface area contributed by atoms with Crippen LogP contribution >= 0.6 is 0 Å². The molecule has 12 heavy (non-hydrogen) atoms. The zero-order chi connectivity index (χ0) is 9.72. The molecule has 6 nitrogen and oxygen atoms in total.